The number of aromatic nitrogens is 1. The Morgan fingerprint density at radius 3 is 2.64 bits per heavy atom. The zero-order valence-electron chi connectivity index (χ0n) is 13.0. The fourth-order valence-electron chi connectivity index (χ4n) is 2.16. The average molecular weight is 320 g/mol. The summed E-state index contributed by atoms with van der Waals surface area (Å²) in [5.41, 5.74) is 1.55. The first-order chi connectivity index (χ1) is 10.6. The number of rotatable bonds is 7. The average Bonchev–Trinajstić information content (AvgIpc) is 2.89. The van der Waals surface area contributed by atoms with Crippen LogP contribution in [0.3, 0.4) is 0 Å². The summed E-state index contributed by atoms with van der Waals surface area (Å²) in [6.45, 7) is 4.69. The predicted octanol–water partition coefficient (Wildman–Crippen LogP) is 4.57. The van der Waals surface area contributed by atoms with Gasteiger partial charge in [-0.15, -0.1) is 11.3 Å². The highest BCUT2D eigenvalue weighted by Crippen LogP contribution is 2.27. The molecule has 0 unspecified atom stereocenters. The van der Waals surface area contributed by atoms with E-state index in [0.29, 0.717) is 11.4 Å². The summed E-state index contributed by atoms with van der Waals surface area (Å²) in [5, 5.41) is 3.69. The second-order valence-corrected chi connectivity index (χ2v) is 6.26. The van der Waals surface area contributed by atoms with Crippen LogP contribution in [0.1, 0.15) is 48.0 Å². The first-order valence-electron chi connectivity index (χ1n) is 7.63. The summed E-state index contributed by atoms with van der Waals surface area (Å²) in [7, 11) is 0. The topological polar surface area (TPSA) is 42.0 Å². The lowest BCUT2D eigenvalue weighted by Crippen LogP contribution is -2.24. The molecule has 1 amide bonds. The van der Waals surface area contributed by atoms with Crippen molar-refractivity contribution in [3.63, 3.8) is 0 Å². The third-order valence-corrected chi connectivity index (χ3v) is 4.62. The lowest BCUT2D eigenvalue weighted by Gasteiger charge is -2.03. The fourth-order valence-corrected chi connectivity index (χ4v) is 3.15. The molecule has 0 radical (unpaired) electrons. The first-order valence-corrected chi connectivity index (χ1v) is 8.45. The summed E-state index contributed by atoms with van der Waals surface area (Å²) in [6.07, 6.45) is 4.52. The molecule has 0 saturated carbocycles. The number of aryl methyl sites for hydroxylation is 1. The number of hydrogen-bond donors (Lipinski definition) is 1. The van der Waals surface area contributed by atoms with E-state index < -0.39 is 0 Å². The van der Waals surface area contributed by atoms with Gasteiger partial charge in [0.25, 0.3) is 5.91 Å². The molecule has 0 aliphatic heterocycles. The van der Waals surface area contributed by atoms with Gasteiger partial charge in [-0.25, -0.2) is 9.37 Å². The highest BCUT2D eigenvalue weighted by Gasteiger charge is 2.15. The minimum atomic E-state index is -0.276. The zero-order valence-corrected chi connectivity index (χ0v) is 13.8. The Kier molecular flexibility index (Phi) is 6.07. The predicted molar refractivity (Wildman–Crippen MR) is 88.7 cm³/mol. The number of nitrogens with zero attached hydrogens (tertiary/aromatic N) is 1. The van der Waals surface area contributed by atoms with Gasteiger partial charge in [0.15, 0.2) is 0 Å². The Morgan fingerprint density at radius 1 is 1.23 bits per heavy atom. The number of amides is 1. The molecular formula is C17H21FN2OS. The van der Waals surface area contributed by atoms with Gasteiger partial charge in [-0.3, -0.25) is 4.79 Å². The van der Waals surface area contributed by atoms with Crippen LogP contribution in [0.2, 0.25) is 0 Å². The molecule has 0 atom stereocenters. The van der Waals surface area contributed by atoms with Crippen LogP contribution in [-0.4, -0.2) is 17.4 Å². The summed E-state index contributed by atoms with van der Waals surface area (Å²) < 4.78 is 13.0. The van der Waals surface area contributed by atoms with Crippen molar-refractivity contribution < 1.29 is 9.18 Å². The lowest BCUT2D eigenvalue weighted by atomic mass is 10.2. The van der Waals surface area contributed by atoms with E-state index in [1.54, 1.807) is 12.1 Å². The second-order valence-electron chi connectivity index (χ2n) is 5.26. The monoisotopic (exact) mass is 320 g/mol. The Hall–Kier alpha value is -1.75. The SMILES string of the molecule is CCCCCCNC(=O)c1sc(-c2ccc(F)cc2)nc1C. The van der Waals surface area contributed by atoms with Crippen molar-refractivity contribution in [1.82, 2.24) is 10.3 Å². The van der Waals surface area contributed by atoms with E-state index in [9.17, 15) is 9.18 Å². The van der Waals surface area contributed by atoms with Crippen molar-refractivity contribution in [2.24, 2.45) is 0 Å². The van der Waals surface area contributed by atoms with Gasteiger partial charge in [0.05, 0.1) is 5.69 Å². The van der Waals surface area contributed by atoms with Crippen molar-refractivity contribution >= 4 is 17.2 Å². The van der Waals surface area contributed by atoms with Gasteiger partial charge in [-0.1, -0.05) is 26.2 Å². The van der Waals surface area contributed by atoms with Crippen LogP contribution in [0.15, 0.2) is 24.3 Å². The lowest BCUT2D eigenvalue weighted by molar-refractivity contribution is 0.0956. The molecule has 118 valence electrons. The molecule has 2 rings (SSSR count). The number of halogens is 1. The summed E-state index contributed by atoms with van der Waals surface area (Å²) in [6, 6.07) is 6.17. The van der Waals surface area contributed by atoms with E-state index >= 15 is 0 Å². The van der Waals surface area contributed by atoms with Crippen molar-refractivity contribution in [3.8, 4) is 10.6 Å². The maximum Gasteiger partial charge on any atom is 0.263 e. The van der Waals surface area contributed by atoms with E-state index in [4.69, 9.17) is 0 Å². The molecule has 2 aromatic rings. The van der Waals surface area contributed by atoms with E-state index in [2.05, 4.69) is 17.2 Å². The number of benzene rings is 1. The Morgan fingerprint density at radius 2 is 1.95 bits per heavy atom. The molecule has 0 saturated heterocycles. The Labute approximate surface area is 134 Å². The number of carbonyl (C=O) groups is 1. The quantitative estimate of drug-likeness (QED) is 0.759. The number of carbonyl (C=O) groups excluding carboxylic acids is 1. The molecule has 1 aromatic heterocycles. The normalized spacial score (nSPS) is 10.7. The number of thiazole rings is 1. The van der Waals surface area contributed by atoms with Gasteiger partial charge in [0.2, 0.25) is 0 Å². The molecule has 0 aliphatic carbocycles. The van der Waals surface area contributed by atoms with Gasteiger partial charge < -0.3 is 5.32 Å². The van der Waals surface area contributed by atoms with Crippen LogP contribution in [0.4, 0.5) is 4.39 Å². The minimum Gasteiger partial charge on any atom is -0.351 e. The highest BCUT2D eigenvalue weighted by molar-refractivity contribution is 7.17. The molecule has 0 fully saturated rings. The summed E-state index contributed by atoms with van der Waals surface area (Å²) in [5.74, 6) is -0.345. The van der Waals surface area contributed by atoms with Gasteiger partial charge in [0, 0.05) is 12.1 Å². The Bertz CT molecular complexity index is 622. The van der Waals surface area contributed by atoms with Gasteiger partial charge in [0.1, 0.15) is 15.7 Å². The molecule has 0 aliphatic rings. The van der Waals surface area contributed by atoms with E-state index in [0.717, 1.165) is 29.1 Å². The second kappa shape index (κ2) is 8.03. The number of unbranched alkanes of at least 4 members (excludes halogenated alkanes) is 3. The molecule has 0 bridgehead atoms. The van der Waals surface area contributed by atoms with Crippen LogP contribution >= 0.6 is 11.3 Å². The molecule has 1 heterocycles. The minimum absolute atomic E-state index is 0.0696. The fraction of sp³-hybridized carbons (Fsp3) is 0.412. The molecule has 3 nitrogen and oxygen atoms in total. The third kappa shape index (κ3) is 4.37. The largest absolute Gasteiger partial charge is 0.351 e. The highest BCUT2D eigenvalue weighted by atomic mass is 32.1. The van der Waals surface area contributed by atoms with Gasteiger partial charge in [-0.05, 0) is 37.6 Å². The summed E-state index contributed by atoms with van der Waals surface area (Å²) in [4.78, 5) is 17.3. The smallest absolute Gasteiger partial charge is 0.263 e. The summed E-state index contributed by atoms with van der Waals surface area (Å²) >= 11 is 1.35. The van der Waals surface area contributed by atoms with Crippen LogP contribution in [0.5, 0.6) is 0 Å². The van der Waals surface area contributed by atoms with Crippen LogP contribution < -0.4 is 5.32 Å². The molecule has 5 heteroatoms. The molecule has 22 heavy (non-hydrogen) atoms. The zero-order chi connectivity index (χ0) is 15.9. The van der Waals surface area contributed by atoms with Gasteiger partial charge >= 0.3 is 0 Å². The van der Waals surface area contributed by atoms with Gasteiger partial charge in [-0.2, -0.15) is 0 Å². The number of hydrogen-bond acceptors (Lipinski definition) is 3. The number of nitrogens with one attached hydrogen (secondary N) is 1. The Balaban J connectivity index is 2.00. The van der Waals surface area contributed by atoms with Crippen LogP contribution in [0, 0.1) is 12.7 Å². The van der Waals surface area contributed by atoms with Crippen molar-refractivity contribution in [2.75, 3.05) is 6.54 Å². The first kappa shape index (κ1) is 16.6. The van der Waals surface area contributed by atoms with E-state index in [-0.39, 0.29) is 11.7 Å². The van der Waals surface area contributed by atoms with Crippen LogP contribution in [0.25, 0.3) is 10.6 Å². The molecule has 1 aromatic carbocycles. The molecular weight excluding hydrogens is 299 g/mol. The van der Waals surface area contributed by atoms with Crippen molar-refractivity contribution in [1.29, 1.82) is 0 Å². The van der Waals surface area contributed by atoms with E-state index in [1.165, 1.54) is 36.3 Å². The third-order valence-electron chi connectivity index (χ3n) is 3.41. The van der Waals surface area contributed by atoms with Crippen molar-refractivity contribution in [2.45, 2.75) is 39.5 Å². The maximum absolute atomic E-state index is 13.0. The molecule has 1 N–H and O–H groups in total. The maximum atomic E-state index is 13.0. The standard InChI is InChI=1S/C17H21FN2OS/c1-3-4-5-6-11-19-16(21)15-12(2)20-17(22-15)13-7-9-14(18)10-8-13/h7-10H,3-6,11H2,1-2H3,(H,19,21). The van der Waals surface area contributed by atoms with E-state index in [1.807, 2.05) is 6.92 Å². The molecule has 0 spiro atoms. The van der Waals surface area contributed by atoms with Crippen molar-refractivity contribution in [3.05, 3.63) is 40.7 Å². The van der Waals surface area contributed by atoms with Crippen LogP contribution in [-0.2, 0) is 0 Å².